The van der Waals surface area contributed by atoms with E-state index in [1.165, 1.54) is 76.8 Å². The quantitative estimate of drug-likeness (QED) is 0.00751. The van der Waals surface area contributed by atoms with Crippen molar-refractivity contribution >= 4 is 79.5 Å². The van der Waals surface area contributed by atoms with Gasteiger partial charge in [0.25, 0.3) is 17.8 Å². The van der Waals surface area contributed by atoms with Crippen LogP contribution in [-0.2, 0) is 75.6 Å². The van der Waals surface area contributed by atoms with Gasteiger partial charge in [-0.25, -0.2) is 0 Å². The molecule has 8 aromatic carbocycles. The van der Waals surface area contributed by atoms with Crippen molar-refractivity contribution in [1.82, 2.24) is 71.7 Å². The van der Waals surface area contributed by atoms with Crippen molar-refractivity contribution in [3.8, 4) is 11.5 Å². The molecule has 11 aromatic rings. The number of aromatic hydroxyl groups is 1. The summed E-state index contributed by atoms with van der Waals surface area (Å²) >= 11 is 0. The van der Waals surface area contributed by atoms with Crippen LogP contribution in [-0.4, -0.2) is 149 Å². The van der Waals surface area contributed by atoms with Crippen LogP contribution < -0.4 is 37.1 Å². The van der Waals surface area contributed by atoms with Crippen molar-refractivity contribution in [2.75, 3.05) is 35.6 Å². The predicted molar refractivity (Wildman–Crippen MR) is 475 cm³/mol. The first-order valence-corrected chi connectivity index (χ1v) is 42.3. The minimum absolute atomic E-state index is 0.00604. The molecule has 0 unspecified atom stereocenters. The van der Waals surface area contributed by atoms with E-state index in [0.717, 1.165) is 97.4 Å². The Morgan fingerprint density at radius 1 is 0.557 bits per heavy atom. The number of Topliss-reactive ketones (excluding diaryl/α,β-unsaturated/α-hetero) is 1. The third kappa shape index (κ3) is 24.2. The fourth-order valence-electron chi connectivity index (χ4n) is 17.9. The molecular formula is C94H105B2N19O7. The minimum atomic E-state index is -0.639. The van der Waals surface area contributed by atoms with Crippen LogP contribution in [0.1, 0.15) is 132 Å². The number of nitrogens with one attached hydrogen (secondary N) is 7. The molecule has 2 radical (unpaired) electrons. The minimum Gasteiger partial charge on any atom is -0.555 e. The summed E-state index contributed by atoms with van der Waals surface area (Å²) in [6, 6.07) is 69.4. The Balaban J connectivity index is 0.000000151. The summed E-state index contributed by atoms with van der Waals surface area (Å²) in [6.45, 7) is 4.91. The lowest BCUT2D eigenvalue weighted by Gasteiger charge is -2.56. The van der Waals surface area contributed by atoms with Crippen LogP contribution in [0.4, 0.5) is 17.8 Å². The fourth-order valence-corrected chi connectivity index (χ4v) is 17.9. The van der Waals surface area contributed by atoms with Crippen molar-refractivity contribution < 1.29 is 33.7 Å². The van der Waals surface area contributed by atoms with Gasteiger partial charge in [0, 0.05) is 43.4 Å². The van der Waals surface area contributed by atoms with Crippen LogP contribution in [0.2, 0.25) is 12.1 Å². The first-order chi connectivity index (χ1) is 59.7. The first-order valence-electron chi connectivity index (χ1n) is 42.3. The number of rotatable bonds is 38. The number of fused-ring (bicyclic) bond motifs is 3. The second-order valence-corrected chi connectivity index (χ2v) is 32.5. The average molecular weight is 1630 g/mol. The summed E-state index contributed by atoms with van der Waals surface area (Å²) < 4.78 is 11.1. The van der Waals surface area contributed by atoms with Gasteiger partial charge in [-0.3, -0.25) is 19.8 Å². The number of hydrogen-bond acceptors (Lipinski definition) is 21. The molecule has 0 spiro atoms. The van der Waals surface area contributed by atoms with E-state index in [0.29, 0.717) is 101 Å². The van der Waals surface area contributed by atoms with Gasteiger partial charge in [-0.2, -0.15) is 14.8 Å². The van der Waals surface area contributed by atoms with Crippen molar-refractivity contribution in [2.24, 2.45) is 34.8 Å². The molecule has 10 N–H and O–H groups in total. The van der Waals surface area contributed by atoms with Crippen molar-refractivity contribution in [2.45, 2.75) is 153 Å². The van der Waals surface area contributed by atoms with E-state index in [2.05, 4.69) is 151 Å². The highest BCUT2D eigenvalue weighted by atomic mass is 16.5. The average Bonchev–Trinajstić information content (AvgIpc) is 0.968. The number of carbonyl (C=O) groups is 4. The highest BCUT2D eigenvalue weighted by molar-refractivity contribution is 6.66. The molecule has 624 valence electrons. The number of aromatic nitrogens is 12. The molecular weight excluding hydrogens is 1530 g/mol. The smallest absolute Gasteiger partial charge is 0.384 e. The van der Waals surface area contributed by atoms with E-state index in [1.807, 2.05) is 153 Å². The van der Waals surface area contributed by atoms with E-state index in [4.69, 9.17) is 20.5 Å². The second-order valence-electron chi connectivity index (χ2n) is 32.5. The van der Waals surface area contributed by atoms with Gasteiger partial charge in [-0.1, -0.05) is 235 Å². The number of benzene rings is 8. The van der Waals surface area contributed by atoms with Gasteiger partial charge in [0.2, 0.25) is 11.8 Å². The number of carbonyl (C=O) groups excluding carboxylic acids is 4. The Bertz CT molecular complexity index is 5290. The molecule has 4 fully saturated rings. The van der Waals surface area contributed by atoms with Crippen LogP contribution in [0.25, 0.3) is 16.7 Å². The summed E-state index contributed by atoms with van der Waals surface area (Å²) in [5.41, 5.74) is 22.6. The molecule has 2 amide bonds. The lowest BCUT2D eigenvalue weighted by Crippen LogP contribution is -2.51. The maximum absolute atomic E-state index is 14.2. The topological polar surface area (TPSA) is 359 Å². The number of phenolic OH excluding ortho intramolecular Hbond substituents is 1. The first kappa shape index (κ1) is 85.4. The van der Waals surface area contributed by atoms with Crippen LogP contribution in [0, 0.1) is 34.5 Å². The maximum Gasteiger partial charge on any atom is 0.384 e. The number of hydrogen-bond donors (Lipinski definition) is 9. The van der Waals surface area contributed by atoms with Crippen molar-refractivity contribution in [3.05, 3.63) is 292 Å². The van der Waals surface area contributed by atoms with Gasteiger partial charge in [0.1, 0.15) is 30.3 Å². The summed E-state index contributed by atoms with van der Waals surface area (Å²) in [6.07, 6.45) is 22.0. The number of allylic oxidation sites excluding steroid dienone is 3. The van der Waals surface area contributed by atoms with Crippen LogP contribution >= 0.6 is 0 Å². The summed E-state index contributed by atoms with van der Waals surface area (Å²) in [4.78, 5) is 54.6. The number of phenols is 1. The van der Waals surface area contributed by atoms with Gasteiger partial charge in [-0.15, -0.1) is 15.3 Å². The molecule has 3 heterocycles. The number of H-pyrrole nitrogens is 1. The van der Waals surface area contributed by atoms with Crippen LogP contribution in [0.15, 0.2) is 231 Å². The zero-order valence-electron chi connectivity index (χ0n) is 68.8. The zero-order chi connectivity index (χ0) is 84.3. The molecule has 4 bridgehead atoms. The predicted octanol–water partition coefficient (Wildman–Crippen LogP) is 13.2. The molecule has 4 saturated carbocycles. The third-order valence-electron chi connectivity index (χ3n) is 23.5. The Hall–Kier alpha value is -13.0. The Kier molecular flexibility index (Phi) is 30.0. The monoisotopic (exact) mass is 1630 g/mol. The van der Waals surface area contributed by atoms with Gasteiger partial charge in [0.05, 0.1) is 37.2 Å². The van der Waals surface area contributed by atoms with Crippen molar-refractivity contribution in [3.63, 3.8) is 0 Å². The second kappa shape index (κ2) is 42.8. The van der Waals surface area contributed by atoms with Gasteiger partial charge < -0.3 is 51.6 Å². The number of aromatic amines is 1. The standard InChI is InChI=1S/C37H37BN7O3.C34H40N6O3.C20H22N6.C3H6BO/c39-26-48-38-35(21-27-15-19-33(20-16-27)47-25-29-11-5-2-6-12-29)36(46)41-32(22-31-18-17-30-13-7-8-14-34(30)31)23-40-37-42-44-45(43-37)24-28-9-3-1-4-10-28;41-29-9-5-21(6-10-29)14-27(16-31(42)34-17-22-11-23(18-34)13-24(12-22)19-34)32(43)36-28(20-35-33-37-39-40-38-33)15-26-8-7-25-3-1-2-4-30(25)26;21-18(12-17-11-10-16-8-4-5-9-19(16)17)13-22-20-23-25-26(24-20)14-15-6-2-1-3-7-15;1-2-4-3-5/h1-16,18-20,26,32,35,39H,17,21-25H2,(H,40,43)(H,41,46);1-6,8-10,22-24,27-28,41H,7,11-20H2,(H,36,43)(H2,35,37,38,39,40);1-9,11,18H,10,12-14,21H2,(H,22,24);3H,2H2,1H3/t32-,35-;22?,23?,24?,27-,28+,34?;18-;/m010./s1. The van der Waals surface area contributed by atoms with Crippen molar-refractivity contribution in [1.29, 1.82) is 5.41 Å². The van der Waals surface area contributed by atoms with E-state index >= 15 is 0 Å². The molecule has 0 aliphatic heterocycles. The number of nitrogens with zero attached hydrogens (tertiary/aromatic N) is 11. The SMILES string of the molecule is CC[B]C=O.N=CO[B][C@@H](Cc1ccc(OCc2ccccc2)cc1)C(=O)N[C@H](CNc1nnn(Cc2ccccc2)n1)CC1=CCc2ccccc21.N[C@H](CNc1nnn(Cc2ccccc2)n1)CC1=CCc2ccccc21.O=C(N[C@H](CNc1nn[nH]n1)CC1=CCc2ccccc21)[C@@H](CC(=O)C12CC3CC(CC(C3)C1)C2)Cc1ccc(O)cc1. The van der Waals surface area contributed by atoms with Gasteiger partial charge in [0.15, 0.2) is 7.28 Å². The molecule has 7 aliphatic rings. The Morgan fingerprint density at radius 2 is 1.02 bits per heavy atom. The molecule has 18 rings (SSSR count). The van der Waals surface area contributed by atoms with E-state index in [-0.39, 0.29) is 53.3 Å². The van der Waals surface area contributed by atoms with Crippen LogP contribution in [0.3, 0.4) is 0 Å². The van der Waals surface area contributed by atoms with E-state index < -0.39 is 11.7 Å². The third-order valence-corrected chi connectivity index (χ3v) is 23.5. The molecule has 122 heavy (non-hydrogen) atoms. The lowest BCUT2D eigenvalue weighted by molar-refractivity contribution is -0.146. The Labute approximate surface area is 713 Å². The summed E-state index contributed by atoms with van der Waals surface area (Å²) in [5, 5.41) is 72.9. The van der Waals surface area contributed by atoms with Gasteiger partial charge >= 0.3 is 7.48 Å². The van der Waals surface area contributed by atoms with Gasteiger partial charge in [-0.05, 0) is 225 Å². The molecule has 0 saturated heterocycles. The zero-order valence-corrected chi connectivity index (χ0v) is 68.8. The molecule has 26 nitrogen and oxygen atoms in total. The molecule has 3 aromatic heterocycles. The van der Waals surface area contributed by atoms with Crippen LogP contribution in [0.5, 0.6) is 11.5 Å². The number of anilines is 3. The number of nitrogens with two attached hydrogens (primary N) is 1. The fraction of sp³-hybridized carbons (Fsp3) is 0.340. The highest BCUT2D eigenvalue weighted by Gasteiger charge is 2.54. The number of ether oxygens (including phenoxy) is 1. The molecule has 28 heteroatoms. The lowest BCUT2D eigenvalue weighted by atomic mass is 9.48. The largest absolute Gasteiger partial charge is 0.555 e. The molecule has 5 atom stereocenters. The summed E-state index contributed by atoms with van der Waals surface area (Å²) in [7, 11) is 2.98. The molecule has 7 aliphatic carbocycles. The normalized spacial score (nSPS) is 17.7. The summed E-state index contributed by atoms with van der Waals surface area (Å²) in [5.74, 6) is 3.03. The Morgan fingerprint density at radius 3 is 1.52 bits per heavy atom. The number of amides is 2. The maximum atomic E-state index is 14.2. The number of ketones is 1. The number of tetrazole rings is 3. The highest BCUT2D eigenvalue weighted by Crippen LogP contribution is 2.61. The van der Waals surface area contributed by atoms with E-state index in [9.17, 15) is 24.3 Å². The van der Waals surface area contributed by atoms with E-state index in [1.54, 1.807) is 29.0 Å².